The zero-order valence-corrected chi connectivity index (χ0v) is 14.2. The van der Waals surface area contributed by atoms with E-state index in [4.69, 9.17) is 16.1 Å². The molecule has 4 rings (SSSR count). The van der Waals surface area contributed by atoms with Gasteiger partial charge in [0.25, 0.3) is 15.9 Å². The summed E-state index contributed by atoms with van der Waals surface area (Å²) in [4.78, 5) is -0.241. The zero-order valence-electron chi connectivity index (χ0n) is 12.6. The van der Waals surface area contributed by atoms with Crippen LogP contribution in [0.15, 0.2) is 21.6 Å². The Balaban J connectivity index is 2.04. The molecule has 3 aliphatic rings. The Kier molecular flexibility index (Phi) is 3.10. The van der Waals surface area contributed by atoms with E-state index >= 15 is 0 Å². The molecule has 0 bridgehead atoms. The third kappa shape index (κ3) is 2.19. The lowest BCUT2D eigenvalue weighted by molar-refractivity contribution is -0.287. The quantitative estimate of drug-likeness (QED) is 0.662. The van der Waals surface area contributed by atoms with Crippen LogP contribution < -0.4 is 9.47 Å². The number of rotatable bonds is 2. The Morgan fingerprint density at radius 3 is 2.60 bits per heavy atom. The molecule has 0 amide bonds. The van der Waals surface area contributed by atoms with Gasteiger partial charge in [0.15, 0.2) is 10.7 Å². The number of hydrogen-bond acceptors (Lipinski definition) is 7. The van der Waals surface area contributed by atoms with Gasteiger partial charge < -0.3 is 14.0 Å². The normalized spacial score (nSPS) is 15.9. The van der Waals surface area contributed by atoms with Crippen LogP contribution >= 0.6 is 11.6 Å². The van der Waals surface area contributed by atoms with Crippen LogP contribution in [0.25, 0.3) is 11.3 Å². The molecule has 132 valence electrons. The van der Waals surface area contributed by atoms with Gasteiger partial charge in [0.05, 0.1) is 10.6 Å². The van der Waals surface area contributed by atoms with Gasteiger partial charge in [0, 0.05) is 0 Å². The molecule has 25 heavy (non-hydrogen) atoms. The fourth-order valence-electron chi connectivity index (χ4n) is 2.63. The van der Waals surface area contributed by atoms with Gasteiger partial charge in [-0.2, -0.15) is 8.42 Å². The molecule has 0 unspecified atom stereocenters. The maximum Gasteiger partial charge on any atom is 0.587 e. The lowest BCUT2D eigenvalue weighted by Crippen LogP contribution is -2.26. The minimum Gasteiger partial charge on any atom is -0.393 e. The van der Waals surface area contributed by atoms with Gasteiger partial charge in [-0.25, -0.2) is 0 Å². The zero-order chi connectivity index (χ0) is 18.1. The maximum atomic E-state index is 13.4. The van der Waals surface area contributed by atoms with Crippen molar-refractivity contribution in [1.29, 1.82) is 0 Å². The van der Waals surface area contributed by atoms with Crippen molar-refractivity contribution in [2.45, 2.75) is 25.0 Å². The van der Waals surface area contributed by atoms with E-state index in [0.29, 0.717) is 4.09 Å². The molecule has 1 aromatic rings. The maximum absolute atomic E-state index is 13.4. The number of aryl methyl sites for hydroxylation is 2. The lowest BCUT2D eigenvalue weighted by atomic mass is 10.2. The molecular weight excluding hydrogens is 384 g/mol. The summed E-state index contributed by atoms with van der Waals surface area (Å²) in [6, 6.07) is 2.68. The summed E-state index contributed by atoms with van der Waals surface area (Å²) in [6.45, 7) is 2.83. The summed E-state index contributed by atoms with van der Waals surface area (Å²) < 4.78 is 66.9. The number of halogens is 3. The van der Waals surface area contributed by atoms with E-state index in [9.17, 15) is 17.2 Å². The highest BCUT2D eigenvalue weighted by Crippen LogP contribution is 2.49. The number of aromatic nitrogens is 3. The monoisotopic (exact) mass is 391 g/mol. The molecule has 0 atom stereocenters. The standard InChI is InChI=1S/C13H8ClF2N3O5S/c1-5-11(6(2)24-18-5)25(20,21)19-9-7(3-4-8(9)14)10-12(17-19)23-13(15,16)22-10/h3-4H,1-2H3. The predicted molar refractivity (Wildman–Crippen MR) is 78.6 cm³/mol. The molecule has 8 nitrogen and oxygen atoms in total. The summed E-state index contributed by atoms with van der Waals surface area (Å²) in [5, 5.41) is 7.24. The first kappa shape index (κ1) is 16.1. The molecular formula is C13H8ClF2N3O5S. The Morgan fingerprint density at radius 2 is 1.96 bits per heavy atom. The molecule has 3 heterocycles. The first-order chi connectivity index (χ1) is 11.6. The Labute approximate surface area is 144 Å². The number of alkyl halides is 2. The number of nitrogens with zero attached hydrogens (tertiary/aromatic N) is 3. The highest BCUT2D eigenvalue weighted by Gasteiger charge is 2.48. The fraction of sp³-hybridized carbons (Fsp3) is 0.231. The topological polar surface area (TPSA) is 96.5 Å². The van der Waals surface area contributed by atoms with Gasteiger partial charge in [-0.3, -0.25) is 0 Å². The van der Waals surface area contributed by atoms with E-state index in [0.717, 1.165) is 0 Å². The van der Waals surface area contributed by atoms with E-state index in [-0.39, 0.29) is 32.6 Å². The Bertz CT molecular complexity index is 1070. The van der Waals surface area contributed by atoms with E-state index in [2.05, 4.69) is 19.7 Å². The van der Waals surface area contributed by atoms with Gasteiger partial charge in [-0.1, -0.05) is 16.8 Å². The predicted octanol–water partition coefficient (Wildman–Crippen LogP) is 2.80. The highest BCUT2D eigenvalue weighted by atomic mass is 35.5. The van der Waals surface area contributed by atoms with Crippen molar-refractivity contribution >= 4 is 21.6 Å². The molecule has 0 saturated heterocycles. The van der Waals surface area contributed by atoms with Gasteiger partial charge in [0.1, 0.15) is 11.4 Å². The van der Waals surface area contributed by atoms with E-state index < -0.39 is 27.9 Å². The van der Waals surface area contributed by atoms with Crippen molar-refractivity contribution < 1.29 is 31.2 Å². The van der Waals surface area contributed by atoms with Crippen molar-refractivity contribution in [3.8, 4) is 22.9 Å². The summed E-state index contributed by atoms with van der Waals surface area (Å²) >= 11 is 6.05. The third-order valence-electron chi connectivity index (χ3n) is 3.58. The Morgan fingerprint density at radius 1 is 1.24 bits per heavy atom. The third-order valence-corrected chi connectivity index (χ3v) is 5.70. The molecule has 2 aliphatic heterocycles. The molecule has 0 aromatic carbocycles. The van der Waals surface area contributed by atoms with E-state index in [1.54, 1.807) is 0 Å². The van der Waals surface area contributed by atoms with Gasteiger partial charge in [-0.15, -0.1) is 18.0 Å². The van der Waals surface area contributed by atoms with Crippen LogP contribution in [-0.2, 0) is 10.0 Å². The van der Waals surface area contributed by atoms with Crippen LogP contribution in [0.5, 0.6) is 11.6 Å². The Hall–Kier alpha value is -2.40. The fourth-order valence-corrected chi connectivity index (χ4v) is 4.53. The summed E-state index contributed by atoms with van der Waals surface area (Å²) in [5.41, 5.74) is -0.0187. The summed E-state index contributed by atoms with van der Waals surface area (Å²) in [7, 11) is -4.35. The number of hydrogen-bond donors (Lipinski definition) is 0. The van der Waals surface area contributed by atoms with E-state index in [1.165, 1.54) is 26.0 Å². The van der Waals surface area contributed by atoms with Crippen LogP contribution in [0.2, 0.25) is 5.02 Å². The van der Waals surface area contributed by atoms with Gasteiger partial charge in [0.2, 0.25) is 5.75 Å². The summed E-state index contributed by atoms with van der Waals surface area (Å²) in [6.07, 6.45) is -3.96. The van der Waals surface area contributed by atoms with Gasteiger partial charge in [-0.05, 0) is 26.0 Å². The first-order valence-corrected chi connectivity index (χ1v) is 8.59. The molecule has 0 saturated carbocycles. The van der Waals surface area contributed by atoms with Gasteiger partial charge >= 0.3 is 6.29 Å². The van der Waals surface area contributed by atoms with Crippen LogP contribution in [0.4, 0.5) is 8.78 Å². The van der Waals surface area contributed by atoms with Crippen molar-refractivity contribution in [2.75, 3.05) is 0 Å². The second-order valence-electron chi connectivity index (χ2n) is 5.25. The second kappa shape index (κ2) is 4.82. The molecule has 0 fully saturated rings. The van der Waals surface area contributed by atoms with E-state index in [1.807, 2.05) is 0 Å². The molecule has 0 spiro atoms. The first-order valence-electron chi connectivity index (χ1n) is 6.77. The van der Waals surface area contributed by atoms with Crippen LogP contribution in [-0.4, -0.2) is 29.1 Å². The number of fused-ring (bicyclic) bond motifs is 3. The second-order valence-corrected chi connectivity index (χ2v) is 7.36. The SMILES string of the molecule is Cc1noc(C)c1S(=O)(=O)n1nc2c(c3ccc(Cl)c1-3)OC(F)(F)O2. The van der Waals surface area contributed by atoms with Crippen LogP contribution in [0.1, 0.15) is 11.5 Å². The highest BCUT2D eigenvalue weighted by molar-refractivity contribution is 7.90. The molecule has 1 aliphatic carbocycles. The largest absolute Gasteiger partial charge is 0.587 e. The molecule has 0 N–H and O–H groups in total. The van der Waals surface area contributed by atoms with Crippen molar-refractivity contribution in [1.82, 2.24) is 14.3 Å². The summed E-state index contributed by atoms with van der Waals surface area (Å²) in [5.74, 6) is -1.04. The van der Waals surface area contributed by atoms with Crippen molar-refractivity contribution in [2.24, 2.45) is 0 Å². The molecule has 1 aromatic heterocycles. The average Bonchev–Trinajstić information content (AvgIpc) is 3.13. The minimum absolute atomic E-state index is 0.0144. The average molecular weight is 392 g/mol. The lowest BCUT2D eigenvalue weighted by Gasteiger charge is -2.13. The molecule has 12 heteroatoms. The van der Waals surface area contributed by atoms with Crippen molar-refractivity contribution in [3.05, 3.63) is 28.6 Å². The molecule has 0 radical (unpaired) electrons. The van der Waals surface area contributed by atoms with Crippen LogP contribution in [0.3, 0.4) is 0 Å². The van der Waals surface area contributed by atoms with Crippen LogP contribution in [0, 0.1) is 13.8 Å². The minimum atomic E-state index is -4.35. The number of ether oxygens (including phenoxy) is 2. The smallest absolute Gasteiger partial charge is 0.393 e. The van der Waals surface area contributed by atoms with Crippen molar-refractivity contribution in [3.63, 3.8) is 0 Å².